The number of carbonyl (C=O) groups is 1. The van der Waals surface area contributed by atoms with Gasteiger partial charge in [-0.25, -0.2) is 0 Å². The second kappa shape index (κ2) is 6.13. The molecule has 0 aromatic carbocycles. The predicted molar refractivity (Wildman–Crippen MR) is 82.0 cm³/mol. The zero-order valence-electron chi connectivity index (χ0n) is 11.7. The fourth-order valence-corrected chi connectivity index (χ4v) is 2.38. The number of carboxylic acid groups (broad SMARTS) is 1. The van der Waals surface area contributed by atoms with Gasteiger partial charge in [0.05, 0.1) is 12.1 Å². The summed E-state index contributed by atoms with van der Waals surface area (Å²) in [4.78, 5) is 23.6. The van der Waals surface area contributed by atoms with E-state index in [1.165, 1.54) is 0 Å². The van der Waals surface area contributed by atoms with Gasteiger partial charge >= 0.3 is 5.97 Å². The van der Waals surface area contributed by atoms with Crippen LogP contribution >= 0.6 is 0 Å². The third-order valence-electron chi connectivity index (χ3n) is 3.30. The Morgan fingerprint density at radius 1 is 0.864 bits per heavy atom. The molecule has 0 spiro atoms. The molecule has 0 unspecified atom stereocenters. The molecular weight excluding hydrogens is 278 g/mol. The molecule has 0 aliphatic carbocycles. The summed E-state index contributed by atoms with van der Waals surface area (Å²) in [6, 6.07) is 9.17. The molecule has 0 radical (unpaired) electrons. The van der Waals surface area contributed by atoms with Crippen molar-refractivity contribution in [3.8, 4) is 22.4 Å². The Balaban J connectivity index is 2.24. The quantitative estimate of drug-likeness (QED) is 0.800. The number of aliphatic carboxylic acids is 1. The Kier molecular flexibility index (Phi) is 3.87. The summed E-state index contributed by atoms with van der Waals surface area (Å²) >= 11 is 0. The molecule has 22 heavy (non-hydrogen) atoms. The molecule has 0 aliphatic rings. The van der Waals surface area contributed by atoms with Crippen LogP contribution in [0, 0.1) is 0 Å². The highest BCUT2D eigenvalue weighted by Crippen LogP contribution is 2.33. The van der Waals surface area contributed by atoms with Crippen molar-refractivity contribution < 1.29 is 9.90 Å². The molecule has 5 nitrogen and oxygen atoms in total. The molecule has 5 heteroatoms. The van der Waals surface area contributed by atoms with E-state index in [0.29, 0.717) is 0 Å². The number of rotatable bonds is 4. The van der Waals surface area contributed by atoms with E-state index in [4.69, 9.17) is 5.11 Å². The van der Waals surface area contributed by atoms with Crippen LogP contribution in [0.1, 0.15) is 5.56 Å². The maximum atomic E-state index is 11.2. The first-order valence-electron chi connectivity index (χ1n) is 6.76. The first-order valence-corrected chi connectivity index (χ1v) is 6.76. The fourth-order valence-electron chi connectivity index (χ4n) is 2.38. The Morgan fingerprint density at radius 3 is 2.05 bits per heavy atom. The van der Waals surface area contributed by atoms with Crippen LogP contribution in [-0.4, -0.2) is 26.0 Å². The van der Waals surface area contributed by atoms with E-state index in [1.807, 2.05) is 24.3 Å². The third kappa shape index (κ3) is 2.83. The number of nitrogens with zero attached hydrogens (tertiary/aromatic N) is 3. The molecule has 108 valence electrons. The van der Waals surface area contributed by atoms with Gasteiger partial charge < -0.3 is 5.11 Å². The zero-order chi connectivity index (χ0) is 15.4. The van der Waals surface area contributed by atoms with Crippen molar-refractivity contribution in [2.75, 3.05) is 0 Å². The minimum atomic E-state index is -0.873. The van der Waals surface area contributed by atoms with Crippen LogP contribution in [0.4, 0.5) is 0 Å². The SMILES string of the molecule is O=C(O)Cc1ccnc(-c2ccncc2)c1-c1ccncc1. The number of hydrogen-bond donors (Lipinski definition) is 1. The van der Waals surface area contributed by atoms with Gasteiger partial charge in [0.2, 0.25) is 0 Å². The van der Waals surface area contributed by atoms with Crippen molar-refractivity contribution in [2.45, 2.75) is 6.42 Å². The van der Waals surface area contributed by atoms with Crippen LogP contribution < -0.4 is 0 Å². The summed E-state index contributed by atoms with van der Waals surface area (Å²) in [5.41, 5.74) is 4.08. The molecule has 3 rings (SSSR count). The van der Waals surface area contributed by atoms with Gasteiger partial charge in [-0.15, -0.1) is 0 Å². The van der Waals surface area contributed by atoms with E-state index < -0.39 is 5.97 Å². The summed E-state index contributed by atoms with van der Waals surface area (Å²) in [6.07, 6.45) is 8.33. The minimum absolute atomic E-state index is 0.0573. The highest BCUT2D eigenvalue weighted by Gasteiger charge is 2.15. The smallest absolute Gasteiger partial charge is 0.307 e. The second-order valence-corrected chi connectivity index (χ2v) is 4.74. The monoisotopic (exact) mass is 291 g/mol. The van der Waals surface area contributed by atoms with Crippen molar-refractivity contribution in [1.29, 1.82) is 0 Å². The summed E-state index contributed by atoms with van der Waals surface area (Å²) in [5.74, 6) is -0.873. The van der Waals surface area contributed by atoms with Gasteiger partial charge in [-0.3, -0.25) is 19.7 Å². The van der Waals surface area contributed by atoms with E-state index in [2.05, 4.69) is 15.0 Å². The minimum Gasteiger partial charge on any atom is -0.481 e. The van der Waals surface area contributed by atoms with Crippen molar-refractivity contribution >= 4 is 5.97 Å². The number of aromatic nitrogens is 3. The summed E-state index contributed by atoms with van der Waals surface area (Å²) in [6.45, 7) is 0. The van der Waals surface area contributed by atoms with Crippen molar-refractivity contribution in [1.82, 2.24) is 15.0 Å². The van der Waals surface area contributed by atoms with Crippen molar-refractivity contribution in [3.05, 3.63) is 66.9 Å². The van der Waals surface area contributed by atoms with Crippen LogP contribution in [0.25, 0.3) is 22.4 Å². The van der Waals surface area contributed by atoms with Gasteiger partial charge in [0.25, 0.3) is 0 Å². The largest absolute Gasteiger partial charge is 0.481 e. The topological polar surface area (TPSA) is 76.0 Å². The van der Waals surface area contributed by atoms with Crippen LogP contribution in [-0.2, 0) is 11.2 Å². The Bertz CT molecular complexity index is 790. The molecule has 1 N–H and O–H groups in total. The molecule has 0 aliphatic heterocycles. The Hall–Kier alpha value is -3.08. The van der Waals surface area contributed by atoms with E-state index in [9.17, 15) is 4.79 Å². The lowest BCUT2D eigenvalue weighted by Crippen LogP contribution is -2.04. The summed E-state index contributed by atoms with van der Waals surface area (Å²) in [5, 5.41) is 9.16. The summed E-state index contributed by atoms with van der Waals surface area (Å²) in [7, 11) is 0. The lowest BCUT2D eigenvalue weighted by Gasteiger charge is -2.13. The second-order valence-electron chi connectivity index (χ2n) is 4.74. The van der Waals surface area contributed by atoms with E-state index >= 15 is 0 Å². The Labute approximate surface area is 127 Å². The molecule has 0 atom stereocenters. The van der Waals surface area contributed by atoms with Crippen molar-refractivity contribution in [2.24, 2.45) is 0 Å². The standard InChI is InChI=1S/C17H13N3O2/c21-15(22)11-14-5-10-20-17(13-3-8-19-9-4-13)16(14)12-1-6-18-7-2-12/h1-10H,11H2,(H,21,22). The number of pyridine rings is 3. The van der Waals surface area contributed by atoms with Gasteiger partial charge in [0.15, 0.2) is 0 Å². The molecule has 0 saturated heterocycles. The molecule has 0 amide bonds. The first kappa shape index (κ1) is 13.9. The molecule has 0 fully saturated rings. The first-order chi connectivity index (χ1) is 10.8. The average Bonchev–Trinajstić information content (AvgIpc) is 2.56. The molecule has 3 aromatic rings. The highest BCUT2D eigenvalue weighted by atomic mass is 16.4. The van der Waals surface area contributed by atoms with E-state index in [0.717, 1.165) is 27.9 Å². The van der Waals surface area contributed by atoms with Gasteiger partial charge in [0, 0.05) is 42.1 Å². The number of carboxylic acids is 1. The van der Waals surface area contributed by atoms with Crippen LogP contribution in [0.2, 0.25) is 0 Å². The highest BCUT2D eigenvalue weighted by molar-refractivity contribution is 5.85. The van der Waals surface area contributed by atoms with Crippen LogP contribution in [0.3, 0.4) is 0 Å². The van der Waals surface area contributed by atoms with E-state index in [1.54, 1.807) is 37.1 Å². The molecule has 0 bridgehead atoms. The van der Waals surface area contributed by atoms with Gasteiger partial charge in [-0.2, -0.15) is 0 Å². The average molecular weight is 291 g/mol. The normalized spacial score (nSPS) is 10.4. The lowest BCUT2D eigenvalue weighted by molar-refractivity contribution is -0.136. The van der Waals surface area contributed by atoms with Crippen molar-refractivity contribution in [3.63, 3.8) is 0 Å². The van der Waals surface area contributed by atoms with Gasteiger partial charge in [0.1, 0.15) is 0 Å². The predicted octanol–water partition coefficient (Wildman–Crippen LogP) is 2.83. The van der Waals surface area contributed by atoms with E-state index in [-0.39, 0.29) is 6.42 Å². The molecule has 0 saturated carbocycles. The van der Waals surface area contributed by atoms with Crippen LogP contribution in [0.15, 0.2) is 61.3 Å². The lowest BCUT2D eigenvalue weighted by atomic mass is 9.94. The fraction of sp³-hybridized carbons (Fsp3) is 0.0588. The molecule has 3 heterocycles. The van der Waals surface area contributed by atoms with Gasteiger partial charge in [-0.05, 0) is 41.5 Å². The Morgan fingerprint density at radius 2 is 1.45 bits per heavy atom. The molecule has 3 aromatic heterocycles. The van der Waals surface area contributed by atoms with Gasteiger partial charge in [-0.1, -0.05) is 0 Å². The maximum Gasteiger partial charge on any atom is 0.307 e. The number of hydrogen-bond acceptors (Lipinski definition) is 4. The zero-order valence-corrected chi connectivity index (χ0v) is 11.7. The van der Waals surface area contributed by atoms with Crippen LogP contribution in [0.5, 0.6) is 0 Å². The maximum absolute atomic E-state index is 11.2. The summed E-state index contributed by atoms with van der Waals surface area (Å²) < 4.78 is 0. The third-order valence-corrected chi connectivity index (χ3v) is 3.30. The molecular formula is C17H13N3O2.